The Morgan fingerprint density at radius 2 is 1.48 bits per heavy atom. The van der Waals surface area contributed by atoms with Gasteiger partial charge in [-0.05, 0) is 48.7 Å². The maximum atomic E-state index is 11.7. The van der Waals surface area contributed by atoms with Crippen molar-refractivity contribution in [3.63, 3.8) is 0 Å². The van der Waals surface area contributed by atoms with Gasteiger partial charge < -0.3 is 9.84 Å². The summed E-state index contributed by atoms with van der Waals surface area (Å²) in [5.74, 6) is 0.994. The summed E-state index contributed by atoms with van der Waals surface area (Å²) in [6, 6.07) is 10.2. The van der Waals surface area contributed by atoms with Crippen molar-refractivity contribution in [3.05, 3.63) is 48.0 Å². The standard InChI is InChI=1S/C22H30O5S.K/c1-2-3-4-5-6-7-8-9-10-18-17-19(23)11-16-22(18)27-20-12-14-21(15-13-20)28(24,25)26;/h11-17,23H,2-10H2,1H3,(H,24,25,26);/q;+1/p-1. The summed E-state index contributed by atoms with van der Waals surface area (Å²) in [4.78, 5) is -0.186. The smallest absolute Gasteiger partial charge is 0.872 e. The molecule has 0 bridgehead atoms. The van der Waals surface area contributed by atoms with E-state index >= 15 is 0 Å². The van der Waals surface area contributed by atoms with E-state index in [1.807, 2.05) is 0 Å². The second-order valence-electron chi connectivity index (χ2n) is 7.04. The van der Waals surface area contributed by atoms with Crippen LogP contribution in [-0.4, -0.2) is 13.0 Å². The first-order chi connectivity index (χ1) is 13.4. The normalized spacial score (nSPS) is 11.1. The molecule has 0 aromatic heterocycles. The van der Waals surface area contributed by atoms with E-state index in [2.05, 4.69) is 6.92 Å². The Labute approximate surface area is 217 Å². The Morgan fingerprint density at radius 1 is 0.897 bits per heavy atom. The third-order valence-electron chi connectivity index (χ3n) is 4.68. The van der Waals surface area contributed by atoms with Gasteiger partial charge in [-0.15, -0.1) is 5.75 Å². The van der Waals surface area contributed by atoms with E-state index in [9.17, 15) is 13.5 Å². The van der Waals surface area contributed by atoms with E-state index in [0.29, 0.717) is 11.5 Å². The zero-order valence-electron chi connectivity index (χ0n) is 17.4. The molecule has 0 saturated carbocycles. The molecule has 0 aliphatic carbocycles. The molecule has 0 unspecified atom stereocenters. The molecule has 2 rings (SSSR count). The van der Waals surface area contributed by atoms with Crippen LogP contribution in [0.4, 0.5) is 0 Å². The number of hydrogen-bond donors (Lipinski definition) is 1. The molecule has 0 aliphatic heterocycles. The molecule has 0 amide bonds. The van der Waals surface area contributed by atoms with Gasteiger partial charge in [0.25, 0.3) is 10.1 Å². The molecule has 7 heteroatoms. The van der Waals surface area contributed by atoms with Crippen molar-refractivity contribution in [3.8, 4) is 17.2 Å². The Bertz CT molecular complexity index is 835. The van der Waals surface area contributed by atoms with Crippen molar-refractivity contribution in [2.45, 2.75) is 69.6 Å². The molecule has 0 saturated heterocycles. The maximum Gasteiger partial charge on any atom is 1.00 e. The van der Waals surface area contributed by atoms with E-state index in [0.717, 1.165) is 24.8 Å². The van der Waals surface area contributed by atoms with E-state index in [4.69, 9.17) is 9.29 Å². The molecular formula is C22H29KO5S. The van der Waals surface area contributed by atoms with Crippen molar-refractivity contribution in [1.82, 2.24) is 0 Å². The van der Waals surface area contributed by atoms with Gasteiger partial charge in [0.05, 0.1) is 4.90 Å². The molecule has 0 aliphatic rings. The third-order valence-corrected chi connectivity index (χ3v) is 5.55. The first-order valence-electron chi connectivity index (χ1n) is 9.95. The fraction of sp³-hybridized carbons (Fsp3) is 0.455. The Balaban J connectivity index is 0.00000420. The average molecular weight is 445 g/mol. The van der Waals surface area contributed by atoms with Crippen LogP contribution in [-0.2, 0) is 16.5 Å². The van der Waals surface area contributed by atoms with Gasteiger partial charge in [-0.25, -0.2) is 0 Å². The van der Waals surface area contributed by atoms with E-state index in [1.165, 1.54) is 68.9 Å². The molecule has 5 nitrogen and oxygen atoms in total. The van der Waals surface area contributed by atoms with Crippen LogP contribution in [0.25, 0.3) is 0 Å². The molecule has 29 heavy (non-hydrogen) atoms. The zero-order valence-corrected chi connectivity index (χ0v) is 21.3. The summed E-state index contributed by atoms with van der Waals surface area (Å²) in [5, 5.41) is 11.7. The fourth-order valence-corrected chi connectivity index (χ4v) is 3.59. The molecule has 0 spiro atoms. The third kappa shape index (κ3) is 9.96. The van der Waals surface area contributed by atoms with Gasteiger partial charge >= 0.3 is 51.4 Å². The van der Waals surface area contributed by atoms with Gasteiger partial charge in [0, 0.05) is 0 Å². The predicted molar refractivity (Wildman–Crippen MR) is 109 cm³/mol. The van der Waals surface area contributed by atoms with Crippen molar-refractivity contribution in [2.24, 2.45) is 0 Å². The first-order valence-corrected chi connectivity index (χ1v) is 11.4. The topological polar surface area (TPSA) is 86.7 Å². The summed E-state index contributed by atoms with van der Waals surface area (Å²) in [5.41, 5.74) is 0.859. The number of hydrogen-bond acceptors (Lipinski definition) is 4. The Hall–Kier alpha value is -0.414. The number of ether oxygens (including phenoxy) is 1. The van der Waals surface area contributed by atoms with Crippen LogP contribution >= 0.6 is 0 Å². The first kappa shape index (κ1) is 26.6. The summed E-state index contributed by atoms with van der Waals surface area (Å²) in [6.07, 6.45) is 10.5. The van der Waals surface area contributed by atoms with Crippen molar-refractivity contribution in [1.29, 1.82) is 0 Å². The number of benzene rings is 2. The predicted octanol–water partition coefficient (Wildman–Crippen LogP) is 2.49. The second kappa shape index (κ2) is 13.8. The van der Waals surface area contributed by atoms with Crippen LogP contribution < -0.4 is 61.2 Å². The summed E-state index contributed by atoms with van der Waals surface area (Å²) in [7, 11) is -4.23. The maximum absolute atomic E-state index is 11.7. The SMILES string of the molecule is CCCCCCCCCCc1cc([O-])ccc1Oc1ccc(S(=O)(=O)O)cc1.[K+]. The Morgan fingerprint density at radius 3 is 2.07 bits per heavy atom. The minimum absolute atomic E-state index is 0. The molecular weight excluding hydrogens is 415 g/mol. The van der Waals surface area contributed by atoms with Gasteiger partial charge in [0.2, 0.25) is 0 Å². The summed E-state index contributed by atoms with van der Waals surface area (Å²) in [6.45, 7) is 2.21. The van der Waals surface area contributed by atoms with Gasteiger partial charge in [-0.2, -0.15) is 8.42 Å². The molecule has 0 atom stereocenters. The van der Waals surface area contributed by atoms with E-state index in [1.54, 1.807) is 12.1 Å². The summed E-state index contributed by atoms with van der Waals surface area (Å²) >= 11 is 0. The largest absolute Gasteiger partial charge is 1.00 e. The van der Waals surface area contributed by atoms with Crippen LogP contribution in [0.3, 0.4) is 0 Å². The van der Waals surface area contributed by atoms with Crippen LogP contribution in [0.5, 0.6) is 17.2 Å². The minimum Gasteiger partial charge on any atom is -0.872 e. The molecule has 1 N–H and O–H groups in total. The number of aryl methyl sites for hydroxylation is 1. The van der Waals surface area contributed by atoms with Crippen molar-refractivity contribution < 1.29 is 74.2 Å². The van der Waals surface area contributed by atoms with Crippen molar-refractivity contribution >= 4 is 10.1 Å². The summed E-state index contributed by atoms with van der Waals surface area (Å²) < 4.78 is 37.1. The molecule has 154 valence electrons. The quantitative estimate of drug-likeness (QED) is 0.309. The molecule has 0 heterocycles. The minimum atomic E-state index is -4.23. The molecule has 2 aromatic rings. The van der Waals surface area contributed by atoms with Crippen LogP contribution in [0.2, 0.25) is 0 Å². The second-order valence-corrected chi connectivity index (χ2v) is 8.46. The van der Waals surface area contributed by atoms with Crippen LogP contribution in [0.1, 0.15) is 63.9 Å². The van der Waals surface area contributed by atoms with E-state index < -0.39 is 10.1 Å². The monoisotopic (exact) mass is 444 g/mol. The van der Waals surface area contributed by atoms with E-state index in [-0.39, 0.29) is 62.0 Å². The van der Waals surface area contributed by atoms with Crippen molar-refractivity contribution in [2.75, 3.05) is 0 Å². The van der Waals surface area contributed by atoms with Gasteiger partial charge in [0.15, 0.2) is 0 Å². The molecule has 0 fully saturated rings. The molecule has 2 aromatic carbocycles. The van der Waals surface area contributed by atoms with Gasteiger partial charge in [-0.3, -0.25) is 4.55 Å². The van der Waals surface area contributed by atoms with Gasteiger partial charge in [-0.1, -0.05) is 64.0 Å². The number of unbranched alkanes of at least 4 members (excludes halogenated alkanes) is 7. The number of rotatable bonds is 12. The Kier molecular flexibility index (Phi) is 12.7. The average Bonchev–Trinajstić information content (AvgIpc) is 2.65. The van der Waals surface area contributed by atoms with Gasteiger partial charge in [0.1, 0.15) is 11.5 Å². The van der Waals surface area contributed by atoms with Crippen LogP contribution in [0, 0.1) is 0 Å². The van der Waals surface area contributed by atoms with Crippen LogP contribution in [0.15, 0.2) is 47.4 Å². The molecule has 0 radical (unpaired) electrons. The fourth-order valence-electron chi connectivity index (χ4n) is 3.11. The zero-order chi connectivity index (χ0) is 20.4.